The van der Waals surface area contributed by atoms with Crippen molar-refractivity contribution in [2.75, 3.05) is 24.4 Å². The van der Waals surface area contributed by atoms with Gasteiger partial charge in [-0.15, -0.1) is 0 Å². The van der Waals surface area contributed by atoms with Gasteiger partial charge in [0.1, 0.15) is 17.1 Å². The molecule has 1 saturated heterocycles. The summed E-state index contributed by atoms with van der Waals surface area (Å²) in [6.07, 6.45) is 4.06. The molecule has 326 valence electrons. The summed E-state index contributed by atoms with van der Waals surface area (Å²) in [7, 11) is 1.45. The monoisotopic (exact) mass is 902 g/mol. The van der Waals surface area contributed by atoms with Crippen LogP contribution in [0.3, 0.4) is 0 Å². The number of carbonyl (C=O) groups is 4. The summed E-state index contributed by atoms with van der Waals surface area (Å²) >= 11 is 18.9. The second-order valence-corrected chi connectivity index (χ2v) is 16.3. The first-order valence-electron chi connectivity index (χ1n) is 20.5. The summed E-state index contributed by atoms with van der Waals surface area (Å²) in [6, 6.07) is 19.9. The largest absolute Gasteiger partial charge is 0.495 e. The first-order valence-corrected chi connectivity index (χ1v) is 21.6. The number of benzene rings is 4. The molecule has 2 heterocycles. The molecule has 16 heteroatoms. The van der Waals surface area contributed by atoms with Crippen molar-refractivity contribution in [2.24, 2.45) is 0 Å². The van der Waals surface area contributed by atoms with Crippen LogP contribution in [0.5, 0.6) is 5.75 Å². The Kier molecular flexibility index (Phi) is 15.6. The maximum atomic E-state index is 15.0. The molecule has 4 aromatic carbocycles. The van der Waals surface area contributed by atoms with Crippen LogP contribution in [0.15, 0.2) is 83.7 Å². The molecule has 2 atom stereocenters. The molecule has 1 fully saturated rings. The number of hydrogen-bond donors (Lipinski definition) is 2. The molecular weight excluding hydrogens is 855 g/mol. The maximum Gasteiger partial charge on any atom is 0.330 e. The Bertz CT molecular complexity index is 2490. The summed E-state index contributed by atoms with van der Waals surface area (Å²) in [6.45, 7) is 5.05. The molecule has 0 bridgehead atoms. The molecule has 1 aliphatic rings. The minimum Gasteiger partial charge on any atom is -0.495 e. The Morgan fingerprint density at radius 1 is 0.839 bits per heavy atom. The van der Waals surface area contributed by atoms with E-state index < -0.39 is 41.6 Å². The highest BCUT2D eigenvalue weighted by Gasteiger charge is 2.52. The molecule has 0 spiro atoms. The second-order valence-electron chi connectivity index (χ2n) is 15.0. The third kappa shape index (κ3) is 10.6. The van der Waals surface area contributed by atoms with Crippen molar-refractivity contribution in [1.29, 1.82) is 0 Å². The van der Waals surface area contributed by atoms with Gasteiger partial charge in [0.25, 0.3) is 17.4 Å². The molecule has 0 saturated carbocycles. The number of amides is 5. The van der Waals surface area contributed by atoms with Gasteiger partial charge in [-0.1, -0.05) is 103 Å². The fraction of sp³-hybridized carbons (Fsp3) is 0.348. The van der Waals surface area contributed by atoms with Gasteiger partial charge in [0.05, 0.1) is 30.4 Å². The van der Waals surface area contributed by atoms with Crippen LogP contribution in [0.1, 0.15) is 80.9 Å². The quantitative estimate of drug-likeness (QED) is 0.0614. The average Bonchev–Trinajstić information content (AvgIpc) is 3.45. The van der Waals surface area contributed by atoms with Crippen molar-refractivity contribution >= 4 is 80.8 Å². The normalized spacial score (nSPS) is 14.4. The number of hydrogen-bond acceptors (Lipinski definition) is 8. The van der Waals surface area contributed by atoms with Gasteiger partial charge in [-0.3, -0.25) is 28.6 Å². The Labute approximate surface area is 375 Å². The highest BCUT2D eigenvalue weighted by atomic mass is 35.5. The number of rotatable bonds is 19. The van der Waals surface area contributed by atoms with E-state index in [-0.39, 0.29) is 47.8 Å². The number of nitrogens with one attached hydrogen (secondary N) is 2. The van der Waals surface area contributed by atoms with Crippen LogP contribution < -0.4 is 20.9 Å². The van der Waals surface area contributed by atoms with Gasteiger partial charge in [0, 0.05) is 35.1 Å². The topological polar surface area (TPSA) is 152 Å². The minimum absolute atomic E-state index is 0.00294. The predicted molar refractivity (Wildman–Crippen MR) is 242 cm³/mol. The molecule has 5 amide bonds. The van der Waals surface area contributed by atoms with Crippen LogP contribution in [0.4, 0.5) is 16.2 Å². The predicted octanol–water partition coefficient (Wildman–Crippen LogP) is 9.72. The van der Waals surface area contributed by atoms with E-state index in [1.54, 1.807) is 49.4 Å². The van der Waals surface area contributed by atoms with E-state index in [1.165, 1.54) is 23.5 Å². The number of aryl methyl sites for hydroxylation is 1. The van der Waals surface area contributed by atoms with E-state index in [4.69, 9.17) is 49.3 Å². The van der Waals surface area contributed by atoms with Crippen LogP contribution in [0.25, 0.3) is 10.9 Å². The number of carbonyl (C=O) groups excluding carboxylic acids is 4. The molecule has 62 heavy (non-hydrogen) atoms. The number of ether oxygens (including phenoxy) is 2. The highest BCUT2D eigenvalue weighted by molar-refractivity contribution is 6.39. The summed E-state index contributed by atoms with van der Waals surface area (Å²) in [5.41, 5.74) is 2.46. The van der Waals surface area contributed by atoms with E-state index in [0.29, 0.717) is 40.1 Å². The van der Waals surface area contributed by atoms with Crippen LogP contribution >= 0.6 is 34.8 Å². The maximum absolute atomic E-state index is 15.0. The Morgan fingerprint density at radius 3 is 2.21 bits per heavy atom. The number of nitrogens with zero attached hydrogens (tertiary/aromatic N) is 4. The summed E-state index contributed by atoms with van der Waals surface area (Å²) in [5, 5.41) is 7.34. The fourth-order valence-corrected chi connectivity index (χ4v) is 8.62. The second kappa shape index (κ2) is 21.1. The fourth-order valence-electron chi connectivity index (χ4n) is 7.61. The zero-order chi connectivity index (χ0) is 44.5. The lowest BCUT2D eigenvalue weighted by Gasteiger charge is -2.28. The van der Waals surface area contributed by atoms with Crippen molar-refractivity contribution in [1.82, 2.24) is 19.4 Å². The van der Waals surface area contributed by atoms with E-state index in [9.17, 15) is 24.0 Å². The zero-order valence-corrected chi connectivity index (χ0v) is 37.3. The standard InChI is InChI=1S/C46H49Cl3N6O7/c1-5-62-45-44(59)55(46(60)54(45)27-30-16-11-10-12-17-30)40(42(57)51-37-24-28(2)21-22-38(37)61-4)41-52-39-33(19-15-20-36(39)50-29(3)56)43(58)53(41)23-14-9-7-6-8-13-18-32-34(48)25-31(47)26-35(32)49/h10-12,15-17,19-22,24-26,40,45H,5-9,13-14,18,23,27H2,1-4H3,(H,50,56)(H,51,57). The van der Waals surface area contributed by atoms with E-state index in [0.717, 1.165) is 47.3 Å². The molecule has 1 aromatic heterocycles. The Balaban J connectivity index is 1.38. The molecule has 6 rings (SSSR count). The van der Waals surface area contributed by atoms with Gasteiger partial charge in [0.15, 0.2) is 6.04 Å². The van der Waals surface area contributed by atoms with Crippen molar-refractivity contribution in [3.05, 3.63) is 127 Å². The number of urea groups is 1. The van der Waals surface area contributed by atoms with Crippen LogP contribution in [0.2, 0.25) is 15.1 Å². The average molecular weight is 904 g/mol. The van der Waals surface area contributed by atoms with E-state index in [1.807, 2.05) is 43.3 Å². The molecular formula is C46H49Cl3N6O7. The van der Waals surface area contributed by atoms with Crippen molar-refractivity contribution in [3.8, 4) is 5.75 Å². The molecule has 1 aliphatic heterocycles. The number of aromatic nitrogens is 2. The van der Waals surface area contributed by atoms with Gasteiger partial charge in [-0.05, 0) is 86.2 Å². The molecule has 2 N–H and O–H groups in total. The SMILES string of the molecule is CCOC1C(=O)N(C(C(=O)Nc2cc(C)ccc2OC)c2nc3c(NC(C)=O)cccc3c(=O)n2CCCCCCCCc2c(Cl)cc(Cl)cc2Cl)C(=O)N1Cc1ccccc1. The lowest BCUT2D eigenvalue weighted by atomic mass is 10.0. The minimum atomic E-state index is -1.78. The number of fused-ring (bicyclic) bond motifs is 1. The summed E-state index contributed by atoms with van der Waals surface area (Å²) < 4.78 is 12.8. The summed E-state index contributed by atoms with van der Waals surface area (Å²) in [5.74, 6) is -1.88. The number of imide groups is 1. The number of halogens is 3. The molecule has 5 aromatic rings. The smallest absolute Gasteiger partial charge is 0.330 e. The zero-order valence-electron chi connectivity index (χ0n) is 35.0. The number of anilines is 2. The third-order valence-electron chi connectivity index (χ3n) is 10.6. The summed E-state index contributed by atoms with van der Waals surface area (Å²) in [4.78, 5) is 78.3. The first-order chi connectivity index (χ1) is 29.8. The lowest BCUT2D eigenvalue weighted by molar-refractivity contribution is -0.145. The Morgan fingerprint density at radius 2 is 1.53 bits per heavy atom. The van der Waals surface area contributed by atoms with Gasteiger partial charge in [-0.25, -0.2) is 14.7 Å². The molecule has 13 nitrogen and oxygen atoms in total. The van der Waals surface area contributed by atoms with Gasteiger partial charge >= 0.3 is 6.03 Å². The molecule has 2 unspecified atom stereocenters. The Hall–Kier alpha value is -5.47. The van der Waals surface area contributed by atoms with E-state index >= 15 is 0 Å². The first kappa shape index (κ1) is 46.0. The van der Waals surface area contributed by atoms with Crippen molar-refractivity contribution < 1.29 is 28.7 Å². The van der Waals surface area contributed by atoms with Crippen LogP contribution in [-0.2, 0) is 38.6 Å². The van der Waals surface area contributed by atoms with Crippen molar-refractivity contribution in [3.63, 3.8) is 0 Å². The number of para-hydroxylation sites is 1. The van der Waals surface area contributed by atoms with Gasteiger partial charge < -0.3 is 20.1 Å². The lowest BCUT2D eigenvalue weighted by Crippen LogP contribution is -2.45. The van der Waals surface area contributed by atoms with Gasteiger partial charge in [0.2, 0.25) is 12.1 Å². The van der Waals surface area contributed by atoms with Crippen LogP contribution in [-0.4, -0.2) is 63.0 Å². The number of unbranched alkanes of at least 4 members (excludes halogenated alkanes) is 5. The third-order valence-corrected chi connectivity index (χ3v) is 11.4. The van der Waals surface area contributed by atoms with Crippen LogP contribution in [0, 0.1) is 6.92 Å². The van der Waals surface area contributed by atoms with Gasteiger partial charge in [-0.2, -0.15) is 0 Å². The molecule has 0 radical (unpaired) electrons. The van der Waals surface area contributed by atoms with Crippen molar-refractivity contribution in [2.45, 2.75) is 91.1 Å². The number of methoxy groups -OCH3 is 1. The van der Waals surface area contributed by atoms with E-state index in [2.05, 4.69) is 10.6 Å². The molecule has 0 aliphatic carbocycles. The highest BCUT2D eigenvalue weighted by Crippen LogP contribution is 2.35.